The van der Waals surface area contributed by atoms with Gasteiger partial charge in [0.15, 0.2) is 0 Å². The lowest BCUT2D eigenvalue weighted by molar-refractivity contribution is 0.177. The van der Waals surface area contributed by atoms with Crippen molar-refractivity contribution in [3.63, 3.8) is 0 Å². The quantitative estimate of drug-likeness (QED) is 0.782. The van der Waals surface area contributed by atoms with E-state index >= 15 is 0 Å². The lowest BCUT2D eigenvalue weighted by atomic mass is 10.1. The number of thiazole rings is 1. The summed E-state index contributed by atoms with van der Waals surface area (Å²) in [6.07, 6.45) is 4.60. The number of aromatic nitrogens is 3. The molecule has 0 spiro atoms. The van der Waals surface area contributed by atoms with E-state index in [1.54, 1.807) is 23.7 Å². The topological polar surface area (TPSA) is 58.9 Å². The van der Waals surface area contributed by atoms with Crippen LogP contribution in [-0.2, 0) is 6.42 Å². The summed E-state index contributed by atoms with van der Waals surface area (Å²) in [7, 11) is 0. The van der Waals surface area contributed by atoms with Crippen molar-refractivity contribution in [1.29, 1.82) is 0 Å². The highest BCUT2D eigenvalue weighted by atomic mass is 32.1. The Bertz CT molecular complexity index is 620. The van der Waals surface area contributed by atoms with E-state index in [1.165, 1.54) is 6.33 Å². The van der Waals surface area contributed by atoms with Crippen molar-refractivity contribution in [2.45, 2.75) is 12.5 Å². The molecule has 3 rings (SSSR count). The van der Waals surface area contributed by atoms with Crippen LogP contribution in [0.1, 0.15) is 16.7 Å². The molecule has 0 bridgehead atoms. The van der Waals surface area contributed by atoms with Gasteiger partial charge in [-0.3, -0.25) is 0 Å². The van der Waals surface area contributed by atoms with Crippen molar-refractivity contribution < 1.29 is 5.11 Å². The summed E-state index contributed by atoms with van der Waals surface area (Å²) in [6, 6.07) is 7.97. The SMILES string of the molecule is OC(Cc1nc2ccccc2s1)c1cncnc1. The fourth-order valence-electron chi connectivity index (χ4n) is 1.77. The average Bonchev–Trinajstić information content (AvgIpc) is 2.82. The number of aliphatic hydroxyl groups is 1. The first-order valence-electron chi connectivity index (χ1n) is 5.60. The van der Waals surface area contributed by atoms with Crippen LogP contribution in [-0.4, -0.2) is 20.1 Å². The van der Waals surface area contributed by atoms with E-state index in [9.17, 15) is 5.11 Å². The normalized spacial score (nSPS) is 12.7. The van der Waals surface area contributed by atoms with Gasteiger partial charge >= 0.3 is 0 Å². The first-order chi connectivity index (χ1) is 8.83. The third-order valence-corrected chi connectivity index (χ3v) is 3.73. The van der Waals surface area contributed by atoms with Crippen molar-refractivity contribution in [3.05, 3.63) is 53.6 Å². The predicted molar refractivity (Wildman–Crippen MR) is 70.3 cm³/mol. The number of rotatable bonds is 3. The maximum atomic E-state index is 10.1. The summed E-state index contributed by atoms with van der Waals surface area (Å²) in [6.45, 7) is 0. The van der Waals surface area contributed by atoms with Gasteiger partial charge in [0.05, 0.1) is 21.3 Å². The van der Waals surface area contributed by atoms with Crippen LogP contribution in [0, 0.1) is 0 Å². The van der Waals surface area contributed by atoms with E-state index in [0.29, 0.717) is 6.42 Å². The molecule has 5 heteroatoms. The summed E-state index contributed by atoms with van der Waals surface area (Å²) in [5.74, 6) is 0. The lowest BCUT2D eigenvalue weighted by Gasteiger charge is -2.06. The molecule has 0 radical (unpaired) electrons. The zero-order valence-corrected chi connectivity index (χ0v) is 10.3. The Kier molecular flexibility index (Phi) is 3.00. The number of hydrogen-bond acceptors (Lipinski definition) is 5. The molecule has 0 aliphatic heterocycles. The van der Waals surface area contributed by atoms with Crippen molar-refractivity contribution in [2.24, 2.45) is 0 Å². The van der Waals surface area contributed by atoms with Crippen LogP contribution in [0.15, 0.2) is 43.0 Å². The third-order valence-electron chi connectivity index (χ3n) is 2.67. The van der Waals surface area contributed by atoms with Gasteiger partial charge in [0.2, 0.25) is 0 Å². The molecular weight excluding hydrogens is 246 g/mol. The van der Waals surface area contributed by atoms with Crippen LogP contribution in [0.3, 0.4) is 0 Å². The van der Waals surface area contributed by atoms with Crippen LogP contribution in [0.25, 0.3) is 10.2 Å². The molecule has 1 unspecified atom stereocenters. The molecule has 0 saturated heterocycles. The molecule has 1 atom stereocenters. The summed E-state index contributed by atoms with van der Waals surface area (Å²) in [4.78, 5) is 12.3. The molecule has 1 aromatic carbocycles. The van der Waals surface area contributed by atoms with Crippen LogP contribution in [0.4, 0.5) is 0 Å². The zero-order valence-electron chi connectivity index (χ0n) is 9.52. The standard InChI is InChI=1S/C13H11N3OS/c17-11(9-6-14-8-15-7-9)5-13-16-10-3-1-2-4-12(10)18-13/h1-4,6-8,11,17H,5H2. The van der Waals surface area contributed by atoms with Gasteiger partial charge in [-0.2, -0.15) is 0 Å². The Morgan fingerprint density at radius 2 is 1.94 bits per heavy atom. The molecule has 0 aliphatic carbocycles. The molecule has 0 aliphatic rings. The Hall–Kier alpha value is -1.85. The maximum absolute atomic E-state index is 10.1. The minimum absolute atomic E-state index is 0.493. The van der Waals surface area contributed by atoms with Crippen molar-refractivity contribution in [2.75, 3.05) is 0 Å². The predicted octanol–water partition coefficient (Wildman–Crippen LogP) is 2.36. The van der Waals surface area contributed by atoms with Crippen LogP contribution >= 0.6 is 11.3 Å². The molecule has 90 valence electrons. The number of benzene rings is 1. The molecule has 1 N–H and O–H groups in total. The van der Waals surface area contributed by atoms with Crippen LogP contribution < -0.4 is 0 Å². The van der Waals surface area contributed by atoms with E-state index in [4.69, 9.17) is 0 Å². The first-order valence-corrected chi connectivity index (χ1v) is 6.42. The van der Waals surface area contributed by atoms with E-state index in [2.05, 4.69) is 15.0 Å². The lowest BCUT2D eigenvalue weighted by Crippen LogP contribution is -2.02. The van der Waals surface area contributed by atoms with Crippen molar-refractivity contribution >= 4 is 21.6 Å². The van der Waals surface area contributed by atoms with Gasteiger partial charge in [0.1, 0.15) is 6.33 Å². The zero-order chi connectivity index (χ0) is 12.4. The smallest absolute Gasteiger partial charge is 0.115 e. The Balaban J connectivity index is 1.84. The first kappa shape index (κ1) is 11.3. The fourth-order valence-corrected chi connectivity index (χ4v) is 2.78. The summed E-state index contributed by atoms with van der Waals surface area (Å²) >= 11 is 1.61. The van der Waals surface area contributed by atoms with Crippen molar-refractivity contribution in [1.82, 2.24) is 15.0 Å². The molecule has 2 aromatic heterocycles. The molecule has 0 saturated carbocycles. The Labute approximate surface area is 108 Å². The van der Waals surface area contributed by atoms with Gasteiger partial charge in [-0.05, 0) is 12.1 Å². The van der Waals surface area contributed by atoms with E-state index in [0.717, 1.165) is 20.8 Å². The number of fused-ring (bicyclic) bond motifs is 1. The minimum atomic E-state index is -0.605. The van der Waals surface area contributed by atoms with Crippen LogP contribution in [0.5, 0.6) is 0 Å². The highest BCUT2D eigenvalue weighted by Crippen LogP contribution is 2.25. The molecule has 3 aromatic rings. The highest BCUT2D eigenvalue weighted by molar-refractivity contribution is 7.18. The summed E-state index contributed by atoms with van der Waals surface area (Å²) in [5, 5.41) is 11.0. The number of para-hydroxylation sites is 1. The largest absolute Gasteiger partial charge is 0.388 e. The molecular formula is C13H11N3OS. The van der Waals surface area contributed by atoms with Gasteiger partial charge in [-0.1, -0.05) is 12.1 Å². The summed E-state index contributed by atoms with van der Waals surface area (Å²) < 4.78 is 1.14. The van der Waals surface area contributed by atoms with E-state index in [-0.39, 0.29) is 0 Å². The van der Waals surface area contributed by atoms with Gasteiger partial charge in [-0.15, -0.1) is 11.3 Å². The van der Waals surface area contributed by atoms with Gasteiger partial charge in [-0.25, -0.2) is 15.0 Å². The maximum Gasteiger partial charge on any atom is 0.115 e. The van der Waals surface area contributed by atoms with Gasteiger partial charge in [0, 0.05) is 24.4 Å². The highest BCUT2D eigenvalue weighted by Gasteiger charge is 2.12. The van der Waals surface area contributed by atoms with Gasteiger partial charge < -0.3 is 5.11 Å². The van der Waals surface area contributed by atoms with E-state index < -0.39 is 6.10 Å². The molecule has 2 heterocycles. The fraction of sp³-hybridized carbons (Fsp3) is 0.154. The minimum Gasteiger partial charge on any atom is -0.388 e. The second kappa shape index (κ2) is 4.80. The molecule has 0 amide bonds. The average molecular weight is 257 g/mol. The second-order valence-electron chi connectivity index (χ2n) is 3.97. The van der Waals surface area contributed by atoms with E-state index in [1.807, 2.05) is 24.3 Å². The monoisotopic (exact) mass is 257 g/mol. The number of aliphatic hydroxyl groups excluding tert-OH is 1. The molecule has 0 fully saturated rings. The van der Waals surface area contributed by atoms with Crippen molar-refractivity contribution in [3.8, 4) is 0 Å². The Morgan fingerprint density at radius 3 is 2.72 bits per heavy atom. The molecule has 4 nitrogen and oxygen atoms in total. The number of nitrogens with zero attached hydrogens (tertiary/aromatic N) is 3. The summed E-state index contributed by atoms with van der Waals surface area (Å²) in [5.41, 5.74) is 1.70. The number of hydrogen-bond donors (Lipinski definition) is 1. The van der Waals surface area contributed by atoms with Gasteiger partial charge in [0.25, 0.3) is 0 Å². The van der Waals surface area contributed by atoms with Crippen LogP contribution in [0.2, 0.25) is 0 Å². The Morgan fingerprint density at radius 1 is 1.17 bits per heavy atom. The third kappa shape index (κ3) is 2.23. The second-order valence-corrected chi connectivity index (χ2v) is 5.08. The molecule has 18 heavy (non-hydrogen) atoms.